The first-order valence-electron chi connectivity index (χ1n) is 6.82. The number of hydrogen-bond acceptors (Lipinski definition) is 3. The van der Waals surface area contributed by atoms with E-state index in [-0.39, 0.29) is 11.5 Å². The number of nitrogens with zero attached hydrogens (tertiary/aromatic N) is 1. The molecule has 6 heteroatoms. The van der Waals surface area contributed by atoms with Crippen LogP contribution >= 0.6 is 15.9 Å². The Morgan fingerprint density at radius 3 is 2.82 bits per heavy atom. The lowest BCUT2D eigenvalue weighted by atomic mass is 9.79. The normalized spacial score (nSPS) is 21.6. The lowest BCUT2D eigenvalue weighted by Gasteiger charge is -2.20. The highest BCUT2D eigenvalue weighted by molar-refractivity contribution is 9.10. The van der Waals surface area contributed by atoms with Gasteiger partial charge in [-0.1, -0.05) is 6.07 Å². The van der Waals surface area contributed by atoms with E-state index in [9.17, 15) is 9.59 Å². The maximum absolute atomic E-state index is 12.6. The van der Waals surface area contributed by atoms with E-state index in [2.05, 4.69) is 26.2 Å². The summed E-state index contributed by atoms with van der Waals surface area (Å²) in [6.45, 7) is 0. The number of carboxylic acids is 1. The van der Waals surface area contributed by atoms with Gasteiger partial charge in [-0.15, -0.1) is 0 Å². The molecule has 1 atom stereocenters. The topological polar surface area (TPSA) is 79.3 Å². The van der Waals surface area contributed by atoms with Gasteiger partial charge in [0, 0.05) is 16.2 Å². The van der Waals surface area contributed by atoms with Gasteiger partial charge in [0.2, 0.25) is 5.91 Å². The minimum absolute atomic E-state index is 0.0684. The molecule has 1 spiro atoms. The molecule has 2 N–H and O–H groups in total. The molecule has 110 valence electrons. The summed E-state index contributed by atoms with van der Waals surface area (Å²) >= 11 is 3.40. The van der Waals surface area contributed by atoms with Gasteiger partial charge >= 0.3 is 5.97 Å². The van der Waals surface area contributed by atoms with Crippen molar-refractivity contribution < 1.29 is 14.7 Å². The van der Waals surface area contributed by atoms with Gasteiger partial charge < -0.3 is 10.4 Å². The van der Waals surface area contributed by atoms with Crippen LogP contribution in [0.5, 0.6) is 0 Å². The first-order valence-corrected chi connectivity index (χ1v) is 7.61. The van der Waals surface area contributed by atoms with Gasteiger partial charge in [-0.05, 0) is 58.1 Å². The Morgan fingerprint density at radius 1 is 1.27 bits per heavy atom. The van der Waals surface area contributed by atoms with E-state index in [0.717, 1.165) is 21.2 Å². The lowest BCUT2D eigenvalue weighted by Crippen LogP contribution is -2.35. The Balaban J connectivity index is 1.84. The molecule has 1 aliphatic heterocycles. The van der Waals surface area contributed by atoms with Crippen LogP contribution in [0, 0.1) is 0 Å². The van der Waals surface area contributed by atoms with Crippen LogP contribution in [0.2, 0.25) is 0 Å². The third-order valence-electron chi connectivity index (χ3n) is 4.47. The maximum atomic E-state index is 12.6. The van der Waals surface area contributed by atoms with Crippen molar-refractivity contribution in [2.45, 2.75) is 18.3 Å². The van der Waals surface area contributed by atoms with Crippen LogP contribution in [0.3, 0.4) is 0 Å². The van der Waals surface area contributed by atoms with E-state index in [1.54, 1.807) is 18.3 Å². The maximum Gasteiger partial charge on any atom is 0.335 e. The molecule has 1 aromatic carbocycles. The van der Waals surface area contributed by atoms with Crippen molar-refractivity contribution in [3.63, 3.8) is 0 Å². The minimum atomic E-state index is -0.954. The number of carboxylic acid groups (broad SMARTS) is 1. The molecule has 2 heterocycles. The lowest BCUT2D eigenvalue weighted by molar-refractivity contribution is -0.120. The van der Waals surface area contributed by atoms with Crippen LogP contribution in [-0.4, -0.2) is 22.0 Å². The molecule has 0 bridgehead atoms. The minimum Gasteiger partial charge on any atom is -0.478 e. The Morgan fingerprint density at radius 2 is 2.05 bits per heavy atom. The molecular weight excluding hydrogens is 348 g/mol. The number of anilines is 1. The SMILES string of the molecule is O=C(O)c1ccc2c(c1)CC1(C2)C(=O)Nc2ncc(Br)cc21. The number of hydrogen-bond donors (Lipinski definition) is 2. The smallest absolute Gasteiger partial charge is 0.335 e. The molecule has 1 aromatic heterocycles. The summed E-state index contributed by atoms with van der Waals surface area (Å²) in [4.78, 5) is 28.0. The van der Waals surface area contributed by atoms with Crippen molar-refractivity contribution >= 4 is 33.6 Å². The average Bonchev–Trinajstić information content (AvgIpc) is 2.99. The van der Waals surface area contributed by atoms with Gasteiger partial charge in [-0.25, -0.2) is 9.78 Å². The zero-order valence-corrected chi connectivity index (χ0v) is 13.0. The highest BCUT2D eigenvalue weighted by Crippen LogP contribution is 2.47. The number of rotatable bonds is 1. The fraction of sp³-hybridized carbons (Fsp3) is 0.188. The Hall–Kier alpha value is -2.21. The molecule has 1 aliphatic carbocycles. The summed E-state index contributed by atoms with van der Waals surface area (Å²) in [5.74, 6) is -0.426. The van der Waals surface area contributed by atoms with Gasteiger partial charge in [0.25, 0.3) is 0 Å². The number of carbonyl (C=O) groups is 2. The standard InChI is InChI=1S/C16H11BrN2O3/c17-11-4-12-13(18-7-11)19-15(22)16(12)5-9-2-1-8(14(20)21)3-10(9)6-16/h1-4,7H,5-6H2,(H,20,21)(H,18,19,22). The van der Waals surface area contributed by atoms with Gasteiger partial charge in [-0.2, -0.15) is 0 Å². The van der Waals surface area contributed by atoms with Crippen molar-refractivity contribution in [3.8, 4) is 0 Å². The summed E-state index contributed by atoms with van der Waals surface area (Å²) in [7, 11) is 0. The van der Waals surface area contributed by atoms with Crippen molar-refractivity contribution in [3.05, 3.63) is 57.2 Å². The van der Waals surface area contributed by atoms with Crippen molar-refractivity contribution in [1.82, 2.24) is 4.98 Å². The highest BCUT2D eigenvalue weighted by Gasteiger charge is 2.51. The first-order chi connectivity index (χ1) is 10.5. The van der Waals surface area contributed by atoms with Crippen LogP contribution < -0.4 is 5.32 Å². The number of carbonyl (C=O) groups excluding carboxylic acids is 1. The van der Waals surface area contributed by atoms with E-state index in [4.69, 9.17) is 5.11 Å². The van der Waals surface area contributed by atoms with Crippen molar-refractivity contribution in [2.24, 2.45) is 0 Å². The predicted molar refractivity (Wildman–Crippen MR) is 83.1 cm³/mol. The molecule has 0 fully saturated rings. The summed E-state index contributed by atoms with van der Waals surface area (Å²) in [6.07, 6.45) is 2.72. The third-order valence-corrected chi connectivity index (χ3v) is 4.91. The Kier molecular flexibility index (Phi) is 2.69. The van der Waals surface area contributed by atoms with Gasteiger partial charge in [0.1, 0.15) is 5.82 Å². The fourth-order valence-corrected chi connectivity index (χ4v) is 3.74. The number of halogens is 1. The van der Waals surface area contributed by atoms with Gasteiger partial charge in [-0.3, -0.25) is 4.79 Å². The molecular formula is C16H11BrN2O3. The van der Waals surface area contributed by atoms with E-state index < -0.39 is 11.4 Å². The quantitative estimate of drug-likeness (QED) is 0.820. The molecule has 2 aliphatic rings. The predicted octanol–water partition coefficient (Wildman–Crippen LogP) is 2.53. The number of aromatic carboxylic acids is 1. The second-order valence-electron chi connectivity index (χ2n) is 5.73. The van der Waals surface area contributed by atoms with Gasteiger partial charge in [0.15, 0.2) is 0 Å². The summed E-state index contributed by atoms with van der Waals surface area (Å²) in [5, 5.41) is 12.0. The van der Waals surface area contributed by atoms with Crippen LogP contribution in [0.15, 0.2) is 34.9 Å². The van der Waals surface area contributed by atoms with Crippen LogP contribution in [0.4, 0.5) is 5.82 Å². The number of amides is 1. The van der Waals surface area contributed by atoms with Crippen LogP contribution in [0.25, 0.3) is 0 Å². The summed E-state index contributed by atoms with van der Waals surface area (Å²) in [6, 6.07) is 6.99. The van der Waals surface area contributed by atoms with E-state index in [1.807, 2.05) is 12.1 Å². The number of fused-ring (bicyclic) bond motifs is 3. The largest absolute Gasteiger partial charge is 0.478 e. The number of nitrogens with one attached hydrogen (secondary N) is 1. The molecule has 4 rings (SSSR count). The number of benzene rings is 1. The van der Waals surface area contributed by atoms with Crippen molar-refractivity contribution in [2.75, 3.05) is 5.32 Å². The molecule has 1 unspecified atom stereocenters. The second-order valence-corrected chi connectivity index (χ2v) is 6.64. The zero-order valence-electron chi connectivity index (χ0n) is 11.4. The zero-order chi connectivity index (χ0) is 15.5. The summed E-state index contributed by atoms with van der Waals surface area (Å²) < 4.78 is 0.823. The molecule has 2 aromatic rings. The summed E-state index contributed by atoms with van der Waals surface area (Å²) in [5.41, 5.74) is 2.39. The number of aromatic nitrogens is 1. The van der Waals surface area contributed by atoms with E-state index >= 15 is 0 Å². The van der Waals surface area contributed by atoms with Gasteiger partial charge in [0.05, 0.1) is 11.0 Å². The molecule has 1 amide bonds. The molecule has 5 nitrogen and oxygen atoms in total. The molecule has 0 saturated heterocycles. The van der Waals surface area contributed by atoms with E-state index in [0.29, 0.717) is 18.7 Å². The Labute approximate surface area is 134 Å². The van der Waals surface area contributed by atoms with Crippen LogP contribution in [-0.2, 0) is 23.1 Å². The molecule has 0 radical (unpaired) electrons. The first kappa shape index (κ1) is 13.5. The molecule has 22 heavy (non-hydrogen) atoms. The number of pyridine rings is 1. The highest BCUT2D eigenvalue weighted by atomic mass is 79.9. The van der Waals surface area contributed by atoms with Crippen molar-refractivity contribution in [1.29, 1.82) is 0 Å². The average molecular weight is 359 g/mol. The second kappa shape index (κ2) is 4.39. The molecule has 0 saturated carbocycles. The van der Waals surface area contributed by atoms with Crippen LogP contribution in [0.1, 0.15) is 27.0 Å². The Bertz CT molecular complexity index is 849. The third kappa shape index (κ3) is 1.73. The fourth-order valence-electron chi connectivity index (χ4n) is 3.41. The monoisotopic (exact) mass is 358 g/mol. The van der Waals surface area contributed by atoms with E-state index in [1.165, 1.54) is 0 Å².